The van der Waals surface area contributed by atoms with Gasteiger partial charge in [0.25, 0.3) is 0 Å². The normalized spacial score (nSPS) is 24.0. The standard InChI is InChI=1S/C14H30N2O/c1-12(2)9-13-10-16(8-6-7-15-13)11-14(3,4)17-5/h12-13,15H,6-11H2,1-5H3. The molecule has 0 aliphatic carbocycles. The van der Waals surface area contributed by atoms with Gasteiger partial charge >= 0.3 is 0 Å². The lowest BCUT2D eigenvalue weighted by molar-refractivity contribution is -0.00803. The van der Waals surface area contributed by atoms with Crippen molar-refractivity contribution in [3.8, 4) is 0 Å². The topological polar surface area (TPSA) is 24.5 Å². The number of methoxy groups -OCH3 is 1. The van der Waals surface area contributed by atoms with E-state index in [1.807, 2.05) is 7.11 Å². The molecule has 0 aromatic carbocycles. The monoisotopic (exact) mass is 242 g/mol. The fourth-order valence-electron chi connectivity index (χ4n) is 2.55. The summed E-state index contributed by atoms with van der Waals surface area (Å²) in [6.45, 7) is 13.5. The summed E-state index contributed by atoms with van der Waals surface area (Å²) in [5.41, 5.74) is -0.0350. The molecule has 1 N–H and O–H groups in total. The van der Waals surface area contributed by atoms with Gasteiger partial charge in [-0.25, -0.2) is 0 Å². The Morgan fingerprint density at radius 1 is 1.41 bits per heavy atom. The van der Waals surface area contributed by atoms with Crippen molar-refractivity contribution in [1.82, 2.24) is 10.2 Å². The predicted octanol–water partition coefficient (Wildman–Crippen LogP) is 2.12. The average Bonchev–Trinajstić information content (AvgIpc) is 2.42. The lowest BCUT2D eigenvalue weighted by atomic mass is 10.0. The lowest BCUT2D eigenvalue weighted by Crippen LogP contribution is -2.45. The number of ether oxygens (including phenoxy) is 1. The van der Waals surface area contributed by atoms with Crippen LogP contribution in [0.3, 0.4) is 0 Å². The van der Waals surface area contributed by atoms with Gasteiger partial charge in [0.15, 0.2) is 0 Å². The number of hydrogen-bond donors (Lipinski definition) is 1. The number of rotatable bonds is 5. The molecule has 0 amide bonds. The van der Waals surface area contributed by atoms with E-state index in [9.17, 15) is 0 Å². The third kappa shape index (κ3) is 5.84. The van der Waals surface area contributed by atoms with E-state index in [1.165, 1.54) is 19.4 Å². The molecule has 1 saturated heterocycles. The minimum atomic E-state index is -0.0350. The van der Waals surface area contributed by atoms with Gasteiger partial charge in [0.2, 0.25) is 0 Å². The number of nitrogens with one attached hydrogen (secondary N) is 1. The van der Waals surface area contributed by atoms with Crippen molar-refractivity contribution >= 4 is 0 Å². The van der Waals surface area contributed by atoms with Crippen molar-refractivity contribution < 1.29 is 4.74 Å². The van der Waals surface area contributed by atoms with E-state index in [4.69, 9.17) is 4.74 Å². The first-order valence-corrected chi connectivity index (χ1v) is 6.94. The van der Waals surface area contributed by atoms with Gasteiger partial charge in [-0.15, -0.1) is 0 Å². The molecular weight excluding hydrogens is 212 g/mol. The Morgan fingerprint density at radius 2 is 2.12 bits per heavy atom. The van der Waals surface area contributed by atoms with E-state index in [1.54, 1.807) is 0 Å². The van der Waals surface area contributed by atoms with Crippen molar-refractivity contribution in [2.24, 2.45) is 5.92 Å². The molecule has 17 heavy (non-hydrogen) atoms. The zero-order chi connectivity index (χ0) is 12.9. The van der Waals surface area contributed by atoms with Gasteiger partial charge in [-0.3, -0.25) is 4.90 Å². The number of nitrogens with zero attached hydrogens (tertiary/aromatic N) is 1. The third-order valence-corrected chi connectivity index (χ3v) is 3.48. The fourth-order valence-corrected chi connectivity index (χ4v) is 2.55. The van der Waals surface area contributed by atoms with E-state index in [2.05, 4.69) is 37.9 Å². The molecule has 102 valence electrons. The second-order valence-electron chi connectivity index (χ2n) is 6.33. The van der Waals surface area contributed by atoms with E-state index in [-0.39, 0.29) is 5.60 Å². The first-order valence-electron chi connectivity index (χ1n) is 6.94. The summed E-state index contributed by atoms with van der Waals surface area (Å²) >= 11 is 0. The van der Waals surface area contributed by atoms with Crippen molar-refractivity contribution in [3.63, 3.8) is 0 Å². The maximum absolute atomic E-state index is 5.54. The second kappa shape index (κ2) is 6.72. The SMILES string of the molecule is COC(C)(C)CN1CCCNC(CC(C)C)C1. The summed E-state index contributed by atoms with van der Waals surface area (Å²) in [6, 6.07) is 0.644. The van der Waals surface area contributed by atoms with Crippen LogP contribution in [0.5, 0.6) is 0 Å². The summed E-state index contributed by atoms with van der Waals surface area (Å²) in [7, 11) is 1.81. The van der Waals surface area contributed by atoms with Gasteiger partial charge < -0.3 is 10.1 Å². The van der Waals surface area contributed by atoms with Crippen LogP contribution in [0.4, 0.5) is 0 Å². The Bertz CT molecular complexity index is 216. The van der Waals surface area contributed by atoms with E-state index >= 15 is 0 Å². The maximum Gasteiger partial charge on any atom is 0.0749 e. The summed E-state index contributed by atoms with van der Waals surface area (Å²) in [5.74, 6) is 0.767. The van der Waals surface area contributed by atoms with Crippen molar-refractivity contribution in [2.45, 2.75) is 52.2 Å². The number of hydrogen-bond acceptors (Lipinski definition) is 3. The van der Waals surface area contributed by atoms with E-state index < -0.39 is 0 Å². The summed E-state index contributed by atoms with van der Waals surface area (Å²) in [4.78, 5) is 2.55. The molecule has 0 aromatic heterocycles. The molecule has 1 fully saturated rings. The van der Waals surface area contributed by atoms with Crippen molar-refractivity contribution in [2.75, 3.05) is 33.3 Å². The molecule has 0 radical (unpaired) electrons. The van der Waals surface area contributed by atoms with Crippen LogP contribution in [0.1, 0.15) is 40.5 Å². The van der Waals surface area contributed by atoms with Crippen LogP contribution in [0.15, 0.2) is 0 Å². The van der Waals surface area contributed by atoms with Crippen LogP contribution in [-0.2, 0) is 4.74 Å². The summed E-state index contributed by atoms with van der Waals surface area (Å²) < 4.78 is 5.54. The predicted molar refractivity (Wildman–Crippen MR) is 73.4 cm³/mol. The van der Waals surface area contributed by atoms with Gasteiger partial charge in [-0.2, -0.15) is 0 Å². The molecule has 3 heteroatoms. The highest BCUT2D eigenvalue weighted by Gasteiger charge is 2.24. The van der Waals surface area contributed by atoms with Crippen LogP contribution >= 0.6 is 0 Å². The quantitative estimate of drug-likeness (QED) is 0.799. The Hall–Kier alpha value is -0.120. The van der Waals surface area contributed by atoms with Crippen LogP contribution in [-0.4, -0.2) is 49.8 Å². The Labute approximate surface area is 107 Å². The molecule has 0 saturated carbocycles. The fraction of sp³-hybridized carbons (Fsp3) is 1.00. The Morgan fingerprint density at radius 3 is 2.71 bits per heavy atom. The van der Waals surface area contributed by atoms with E-state index in [0.29, 0.717) is 6.04 Å². The van der Waals surface area contributed by atoms with Crippen LogP contribution in [0.2, 0.25) is 0 Å². The molecule has 1 aliphatic rings. The van der Waals surface area contributed by atoms with Crippen LogP contribution in [0, 0.1) is 5.92 Å². The third-order valence-electron chi connectivity index (χ3n) is 3.48. The smallest absolute Gasteiger partial charge is 0.0749 e. The van der Waals surface area contributed by atoms with Gasteiger partial charge in [0, 0.05) is 26.2 Å². The zero-order valence-corrected chi connectivity index (χ0v) is 12.3. The first-order chi connectivity index (χ1) is 7.93. The van der Waals surface area contributed by atoms with Gasteiger partial charge in [0.1, 0.15) is 0 Å². The molecule has 1 rings (SSSR count). The highest BCUT2D eigenvalue weighted by atomic mass is 16.5. The zero-order valence-electron chi connectivity index (χ0n) is 12.3. The van der Waals surface area contributed by atoms with Crippen LogP contribution < -0.4 is 5.32 Å². The molecule has 3 nitrogen and oxygen atoms in total. The molecule has 1 atom stereocenters. The molecule has 1 unspecified atom stereocenters. The first kappa shape index (κ1) is 14.9. The molecule has 1 aliphatic heterocycles. The van der Waals surface area contributed by atoms with Gasteiger partial charge in [-0.05, 0) is 45.7 Å². The second-order valence-corrected chi connectivity index (χ2v) is 6.33. The average molecular weight is 242 g/mol. The lowest BCUT2D eigenvalue weighted by Gasteiger charge is -2.32. The maximum atomic E-state index is 5.54. The molecule has 1 heterocycles. The van der Waals surface area contributed by atoms with Gasteiger partial charge in [0.05, 0.1) is 5.60 Å². The van der Waals surface area contributed by atoms with E-state index in [0.717, 1.165) is 25.6 Å². The van der Waals surface area contributed by atoms with Crippen LogP contribution in [0.25, 0.3) is 0 Å². The van der Waals surface area contributed by atoms with Crippen molar-refractivity contribution in [1.29, 1.82) is 0 Å². The summed E-state index contributed by atoms with van der Waals surface area (Å²) in [5, 5.41) is 3.66. The Balaban J connectivity index is 2.48. The largest absolute Gasteiger partial charge is 0.377 e. The minimum Gasteiger partial charge on any atom is -0.377 e. The van der Waals surface area contributed by atoms with Gasteiger partial charge in [-0.1, -0.05) is 13.8 Å². The molecule has 0 spiro atoms. The highest BCUT2D eigenvalue weighted by molar-refractivity contribution is 4.81. The molecule has 0 aromatic rings. The highest BCUT2D eigenvalue weighted by Crippen LogP contribution is 2.14. The minimum absolute atomic E-state index is 0.0350. The van der Waals surface area contributed by atoms with Crippen molar-refractivity contribution in [3.05, 3.63) is 0 Å². The summed E-state index contributed by atoms with van der Waals surface area (Å²) in [6.07, 6.45) is 2.51. The molecule has 0 bridgehead atoms. The molecular formula is C14H30N2O. The Kier molecular flexibility index (Phi) is 5.90.